The summed E-state index contributed by atoms with van der Waals surface area (Å²) in [5.74, 6) is 1.52. The number of nitrogens with zero attached hydrogens (tertiary/aromatic N) is 5. The molecule has 1 aromatic carbocycles. The Morgan fingerprint density at radius 1 is 1.32 bits per heavy atom. The van der Waals surface area contributed by atoms with Crippen LogP contribution >= 0.6 is 0 Å². The van der Waals surface area contributed by atoms with E-state index in [1.54, 1.807) is 30.1 Å². The lowest BCUT2D eigenvalue weighted by Crippen LogP contribution is -2.23. The van der Waals surface area contributed by atoms with Crippen molar-refractivity contribution >= 4 is 17.0 Å². The molecule has 4 rings (SSSR count). The minimum atomic E-state index is -0.402. The number of aromatic nitrogens is 5. The smallest absolute Gasteiger partial charge is 0.203 e. The molecule has 1 aliphatic carbocycles. The van der Waals surface area contributed by atoms with Gasteiger partial charge in [0.1, 0.15) is 23.5 Å². The molecule has 2 N–H and O–H groups in total. The fourth-order valence-corrected chi connectivity index (χ4v) is 3.80. The minimum absolute atomic E-state index is 0.0892. The second kappa shape index (κ2) is 6.11. The van der Waals surface area contributed by atoms with Crippen molar-refractivity contribution in [1.82, 2.24) is 24.3 Å². The van der Waals surface area contributed by atoms with E-state index in [0.717, 1.165) is 12.2 Å². The largest absolute Gasteiger partial charge is 0.393 e. The molecule has 0 aliphatic heterocycles. The summed E-state index contributed by atoms with van der Waals surface area (Å²) in [6.45, 7) is 0.578. The van der Waals surface area contributed by atoms with Gasteiger partial charge in [-0.2, -0.15) is 0 Å². The van der Waals surface area contributed by atoms with Crippen LogP contribution in [0.1, 0.15) is 24.6 Å². The predicted octanol–water partition coefficient (Wildman–Crippen LogP) is 1.81. The number of aliphatic hydroxyl groups is 1. The molecule has 25 heavy (non-hydrogen) atoms. The molecule has 7 nitrogen and oxygen atoms in total. The number of halogens is 1. The zero-order chi connectivity index (χ0) is 17.6. The summed E-state index contributed by atoms with van der Waals surface area (Å²) in [5, 5.41) is 21.7. The Morgan fingerprint density at radius 2 is 2.16 bits per heavy atom. The van der Waals surface area contributed by atoms with Crippen molar-refractivity contribution in [3.63, 3.8) is 0 Å². The lowest BCUT2D eigenvalue weighted by atomic mass is 10.0. The fourth-order valence-electron chi connectivity index (χ4n) is 3.80. The van der Waals surface area contributed by atoms with E-state index in [1.165, 1.54) is 6.07 Å². The normalized spacial score (nSPS) is 23.4. The zero-order valence-electron chi connectivity index (χ0n) is 14.2. The van der Waals surface area contributed by atoms with Crippen LogP contribution in [-0.4, -0.2) is 42.1 Å². The molecule has 132 valence electrons. The molecule has 0 spiro atoms. The highest BCUT2D eigenvalue weighted by molar-refractivity contribution is 5.79. The summed E-state index contributed by atoms with van der Waals surface area (Å²) in [5.41, 5.74) is 1.10. The van der Waals surface area contributed by atoms with E-state index in [0.29, 0.717) is 29.9 Å². The van der Waals surface area contributed by atoms with E-state index in [9.17, 15) is 9.50 Å². The van der Waals surface area contributed by atoms with E-state index in [4.69, 9.17) is 0 Å². The van der Waals surface area contributed by atoms with Gasteiger partial charge in [0, 0.05) is 32.5 Å². The molecule has 0 radical (unpaired) electrons. The van der Waals surface area contributed by atoms with Crippen LogP contribution in [0.15, 0.2) is 24.5 Å². The molecule has 0 bridgehead atoms. The number of imidazole rings is 1. The Kier molecular flexibility index (Phi) is 3.91. The summed E-state index contributed by atoms with van der Waals surface area (Å²) in [7, 11) is 3.70. The topological polar surface area (TPSA) is 80.8 Å². The van der Waals surface area contributed by atoms with Gasteiger partial charge in [-0.3, -0.25) is 0 Å². The maximum atomic E-state index is 14.0. The highest BCUT2D eigenvalue weighted by atomic mass is 19.1. The Balaban J connectivity index is 1.48. The van der Waals surface area contributed by atoms with Crippen LogP contribution in [-0.2, 0) is 14.1 Å². The Bertz CT molecular complexity index is 904. The van der Waals surface area contributed by atoms with Crippen LogP contribution < -0.4 is 5.32 Å². The van der Waals surface area contributed by atoms with Crippen LogP contribution in [0.25, 0.3) is 11.0 Å². The number of hydrogen-bond acceptors (Lipinski definition) is 5. The van der Waals surface area contributed by atoms with Gasteiger partial charge in [-0.1, -0.05) is 6.07 Å². The molecule has 8 heteroatoms. The summed E-state index contributed by atoms with van der Waals surface area (Å²) in [4.78, 5) is 4.45. The van der Waals surface area contributed by atoms with Crippen LogP contribution in [0.2, 0.25) is 0 Å². The van der Waals surface area contributed by atoms with Gasteiger partial charge in [0.05, 0.1) is 11.6 Å². The fraction of sp³-hybridized carbons (Fsp3) is 0.471. The highest BCUT2D eigenvalue weighted by Crippen LogP contribution is 2.37. The number of benzene rings is 1. The van der Waals surface area contributed by atoms with Gasteiger partial charge in [0.25, 0.3) is 0 Å². The van der Waals surface area contributed by atoms with Gasteiger partial charge in [0.2, 0.25) is 5.95 Å². The Labute approximate surface area is 144 Å². The van der Waals surface area contributed by atoms with E-state index in [1.807, 2.05) is 11.6 Å². The third-order valence-electron chi connectivity index (χ3n) is 5.14. The molecular weight excluding hydrogens is 323 g/mol. The molecule has 3 aromatic rings. The van der Waals surface area contributed by atoms with E-state index in [2.05, 4.69) is 20.5 Å². The van der Waals surface area contributed by atoms with Crippen molar-refractivity contribution < 1.29 is 9.50 Å². The van der Waals surface area contributed by atoms with Crippen molar-refractivity contribution in [3.05, 3.63) is 36.2 Å². The maximum Gasteiger partial charge on any atom is 0.203 e. The van der Waals surface area contributed by atoms with Crippen LogP contribution in [0.4, 0.5) is 10.3 Å². The average molecular weight is 344 g/mol. The number of fused-ring (bicyclic) bond motifs is 1. The van der Waals surface area contributed by atoms with Gasteiger partial charge in [-0.15, -0.1) is 10.2 Å². The number of rotatable bonds is 4. The Hall–Kier alpha value is -2.48. The van der Waals surface area contributed by atoms with Gasteiger partial charge < -0.3 is 19.6 Å². The molecule has 2 heterocycles. The van der Waals surface area contributed by atoms with Crippen LogP contribution in [0.3, 0.4) is 0 Å². The van der Waals surface area contributed by atoms with Crippen LogP contribution in [0, 0.1) is 11.7 Å². The van der Waals surface area contributed by atoms with Crippen molar-refractivity contribution in [2.75, 3.05) is 11.9 Å². The van der Waals surface area contributed by atoms with Gasteiger partial charge in [-0.05, 0) is 25.0 Å². The van der Waals surface area contributed by atoms with Gasteiger partial charge in [-0.25, -0.2) is 9.37 Å². The van der Waals surface area contributed by atoms with Gasteiger partial charge >= 0.3 is 0 Å². The molecular formula is C17H21FN6O. The SMILES string of the molecule is Cn1cnnc1[C@H]1C[C@H](CNc2nc3cccc(F)c3n2C)[C@H](O)C1. The van der Waals surface area contributed by atoms with E-state index < -0.39 is 6.10 Å². The standard InChI is InChI=1S/C17H21FN6O/c1-23-9-20-22-16(23)10-6-11(14(25)7-10)8-19-17-21-13-5-3-4-12(18)15(13)24(17)2/h3-5,9-11,14,25H,6-8H2,1-2H3,(H,19,21)/t10-,11+,14+/m0/s1. The number of aliphatic hydroxyl groups excluding tert-OH is 1. The third-order valence-corrected chi connectivity index (χ3v) is 5.14. The number of anilines is 1. The first-order chi connectivity index (χ1) is 12.0. The molecule has 0 saturated heterocycles. The number of aryl methyl sites for hydroxylation is 2. The zero-order valence-corrected chi connectivity index (χ0v) is 14.2. The van der Waals surface area contributed by atoms with E-state index in [-0.39, 0.29) is 17.7 Å². The van der Waals surface area contributed by atoms with Crippen molar-refractivity contribution in [3.8, 4) is 0 Å². The predicted molar refractivity (Wildman–Crippen MR) is 91.6 cm³/mol. The number of para-hydroxylation sites is 1. The van der Waals surface area contributed by atoms with E-state index >= 15 is 0 Å². The lowest BCUT2D eigenvalue weighted by molar-refractivity contribution is 0.137. The average Bonchev–Trinajstić information content (AvgIpc) is 3.24. The van der Waals surface area contributed by atoms with Crippen molar-refractivity contribution in [2.45, 2.75) is 24.9 Å². The molecule has 1 aliphatic rings. The first kappa shape index (κ1) is 16.0. The maximum absolute atomic E-state index is 14.0. The minimum Gasteiger partial charge on any atom is -0.393 e. The monoisotopic (exact) mass is 344 g/mol. The molecule has 1 fully saturated rings. The molecule has 0 amide bonds. The molecule has 3 atom stereocenters. The first-order valence-corrected chi connectivity index (χ1v) is 8.41. The highest BCUT2D eigenvalue weighted by Gasteiger charge is 2.35. The number of nitrogens with one attached hydrogen (secondary N) is 1. The Morgan fingerprint density at radius 3 is 2.88 bits per heavy atom. The summed E-state index contributed by atoms with van der Waals surface area (Å²) in [6.07, 6.45) is 2.79. The second-order valence-corrected chi connectivity index (χ2v) is 6.78. The van der Waals surface area contributed by atoms with Crippen LogP contribution in [0.5, 0.6) is 0 Å². The van der Waals surface area contributed by atoms with Crippen molar-refractivity contribution in [1.29, 1.82) is 0 Å². The first-order valence-electron chi connectivity index (χ1n) is 8.41. The van der Waals surface area contributed by atoms with Gasteiger partial charge in [0.15, 0.2) is 0 Å². The molecule has 2 aromatic heterocycles. The summed E-state index contributed by atoms with van der Waals surface area (Å²) in [6, 6.07) is 4.87. The summed E-state index contributed by atoms with van der Waals surface area (Å²) >= 11 is 0. The quantitative estimate of drug-likeness (QED) is 0.754. The van der Waals surface area contributed by atoms with Crippen molar-refractivity contribution in [2.24, 2.45) is 20.0 Å². The third kappa shape index (κ3) is 2.76. The second-order valence-electron chi connectivity index (χ2n) is 6.78. The number of hydrogen-bond donors (Lipinski definition) is 2. The lowest BCUT2D eigenvalue weighted by Gasteiger charge is -2.15. The molecule has 0 unspecified atom stereocenters. The molecule has 1 saturated carbocycles. The summed E-state index contributed by atoms with van der Waals surface area (Å²) < 4.78 is 17.6.